The van der Waals surface area contributed by atoms with Crippen molar-refractivity contribution in [3.05, 3.63) is 29.3 Å². The quantitative estimate of drug-likeness (QED) is 0.821. The van der Waals surface area contributed by atoms with E-state index < -0.39 is 12.1 Å². The summed E-state index contributed by atoms with van der Waals surface area (Å²) in [6.07, 6.45) is -0.923. The smallest absolute Gasteiger partial charge is 0.407 e. The lowest BCUT2D eigenvalue weighted by Crippen LogP contribution is -2.48. The first kappa shape index (κ1) is 14.7. The summed E-state index contributed by atoms with van der Waals surface area (Å²) in [6.45, 7) is 1.93. The van der Waals surface area contributed by atoms with Gasteiger partial charge >= 0.3 is 12.1 Å². The highest BCUT2D eigenvalue weighted by Crippen LogP contribution is 2.21. The second-order valence-electron chi connectivity index (χ2n) is 4.59. The van der Waals surface area contributed by atoms with Crippen molar-refractivity contribution in [2.24, 2.45) is 0 Å². The van der Waals surface area contributed by atoms with Crippen LogP contribution >= 0.6 is 0 Å². The van der Waals surface area contributed by atoms with Crippen molar-refractivity contribution in [3.63, 3.8) is 0 Å². The van der Waals surface area contributed by atoms with Crippen LogP contribution in [-0.4, -0.2) is 55.4 Å². The van der Waals surface area contributed by atoms with Crippen LogP contribution in [0.2, 0.25) is 0 Å². The van der Waals surface area contributed by atoms with Crippen LogP contribution in [0.25, 0.3) is 0 Å². The molecule has 1 saturated heterocycles. The van der Waals surface area contributed by atoms with Gasteiger partial charge in [-0.05, 0) is 18.2 Å². The maximum atomic E-state index is 11.5. The number of amides is 1. The van der Waals surface area contributed by atoms with Crippen LogP contribution < -0.4 is 4.90 Å². The average molecular weight is 289 g/mol. The molecule has 1 aromatic carbocycles. The monoisotopic (exact) mass is 289 g/mol. The van der Waals surface area contributed by atoms with Crippen molar-refractivity contribution < 1.29 is 19.4 Å². The number of anilines is 1. The molecule has 0 aliphatic carbocycles. The van der Waals surface area contributed by atoms with E-state index in [0.29, 0.717) is 26.2 Å². The van der Waals surface area contributed by atoms with Crippen LogP contribution in [0.15, 0.2) is 18.2 Å². The minimum Gasteiger partial charge on any atom is -0.465 e. The van der Waals surface area contributed by atoms with Crippen molar-refractivity contribution in [2.45, 2.75) is 0 Å². The molecule has 0 atom stereocenters. The highest BCUT2D eigenvalue weighted by Gasteiger charge is 2.21. The van der Waals surface area contributed by atoms with Crippen LogP contribution in [0.3, 0.4) is 0 Å². The summed E-state index contributed by atoms with van der Waals surface area (Å²) in [7, 11) is 1.27. The van der Waals surface area contributed by atoms with E-state index in [-0.39, 0.29) is 11.1 Å². The fourth-order valence-corrected chi connectivity index (χ4v) is 2.27. The van der Waals surface area contributed by atoms with Crippen LogP contribution in [0.4, 0.5) is 10.5 Å². The van der Waals surface area contributed by atoms with Crippen LogP contribution in [-0.2, 0) is 4.74 Å². The Hall–Kier alpha value is -2.75. The lowest BCUT2D eigenvalue weighted by Gasteiger charge is -2.34. The van der Waals surface area contributed by atoms with Crippen molar-refractivity contribution in [3.8, 4) is 6.07 Å². The van der Waals surface area contributed by atoms with Gasteiger partial charge in [0.05, 0.1) is 18.2 Å². The molecule has 2 rings (SSSR count). The third-order valence-electron chi connectivity index (χ3n) is 3.44. The van der Waals surface area contributed by atoms with E-state index in [0.717, 1.165) is 5.69 Å². The number of rotatable bonds is 2. The molecule has 0 bridgehead atoms. The molecule has 1 aliphatic heterocycles. The molecule has 0 spiro atoms. The number of ether oxygens (including phenoxy) is 1. The van der Waals surface area contributed by atoms with Crippen LogP contribution in [0.5, 0.6) is 0 Å². The first-order chi connectivity index (χ1) is 10.1. The Morgan fingerprint density at radius 1 is 1.29 bits per heavy atom. The van der Waals surface area contributed by atoms with E-state index in [4.69, 9.17) is 10.4 Å². The highest BCUT2D eigenvalue weighted by atomic mass is 16.5. The maximum Gasteiger partial charge on any atom is 0.407 e. The molecule has 0 aromatic heterocycles. The molecule has 1 aromatic rings. The second kappa shape index (κ2) is 6.13. The van der Waals surface area contributed by atoms with E-state index in [1.54, 1.807) is 18.2 Å². The summed E-state index contributed by atoms with van der Waals surface area (Å²) < 4.78 is 4.63. The first-order valence-corrected chi connectivity index (χ1v) is 6.42. The number of methoxy groups -OCH3 is 1. The number of hydrogen-bond acceptors (Lipinski definition) is 5. The highest BCUT2D eigenvalue weighted by molar-refractivity contribution is 5.92. The van der Waals surface area contributed by atoms with Crippen molar-refractivity contribution in [2.75, 3.05) is 38.2 Å². The van der Waals surface area contributed by atoms with Gasteiger partial charge in [-0.15, -0.1) is 0 Å². The van der Waals surface area contributed by atoms with Crippen LogP contribution in [0.1, 0.15) is 15.9 Å². The van der Waals surface area contributed by atoms with Gasteiger partial charge in [0.25, 0.3) is 0 Å². The van der Waals surface area contributed by atoms with Gasteiger partial charge in [0.15, 0.2) is 0 Å². The molecule has 1 amide bonds. The third kappa shape index (κ3) is 3.05. The zero-order chi connectivity index (χ0) is 15.4. The largest absolute Gasteiger partial charge is 0.465 e. The standard InChI is InChI=1S/C14H15N3O4/c1-21-13(18)12-3-2-11(8-10(12)9-15)16-4-6-17(7-5-16)14(19)20/h2-3,8H,4-7H2,1H3,(H,19,20). The van der Waals surface area contributed by atoms with Crippen LogP contribution in [0, 0.1) is 11.3 Å². The van der Waals surface area contributed by atoms with Gasteiger partial charge in [0.1, 0.15) is 6.07 Å². The summed E-state index contributed by atoms with van der Waals surface area (Å²) >= 11 is 0. The summed E-state index contributed by atoms with van der Waals surface area (Å²) in [5.74, 6) is -0.547. The Morgan fingerprint density at radius 3 is 2.48 bits per heavy atom. The van der Waals surface area contributed by atoms with E-state index in [9.17, 15) is 9.59 Å². The van der Waals surface area contributed by atoms with Crippen molar-refractivity contribution in [1.82, 2.24) is 4.90 Å². The van der Waals surface area contributed by atoms with Gasteiger partial charge in [-0.25, -0.2) is 9.59 Å². The number of esters is 1. The topological polar surface area (TPSA) is 93.9 Å². The summed E-state index contributed by atoms with van der Waals surface area (Å²) in [4.78, 5) is 25.7. The summed E-state index contributed by atoms with van der Waals surface area (Å²) in [5, 5.41) is 18.1. The summed E-state index contributed by atoms with van der Waals surface area (Å²) in [5.41, 5.74) is 1.28. The van der Waals surface area contributed by atoms with E-state index in [1.165, 1.54) is 12.0 Å². The zero-order valence-corrected chi connectivity index (χ0v) is 11.6. The molecule has 7 nitrogen and oxygen atoms in total. The Balaban J connectivity index is 2.17. The molecule has 110 valence electrons. The fraction of sp³-hybridized carbons (Fsp3) is 0.357. The van der Waals surface area contributed by atoms with Crippen molar-refractivity contribution >= 4 is 17.7 Å². The molecule has 0 unspecified atom stereocenters. The van der Waals surface area contributed by atoms with Gasteiger partial charge < -0.3 is 19.6 Å². The minimum absolute atomic E-state index is 0.230. The van der Waals surface area contributed by atoms with E-state index in [1.807, 2.05) is 11.0 Å². The zero-order valence-electron chi connectivity index (χ0n) is 11.6. The molecular weight excluding hydrogens is 274 g/mol. The predicted octanol–water partition coefficient (Wildman–Crippen LogP) is 1.14. The number of benzene rings is 1. The molecule has 1 N–H and O–H groups in total. The third-order valence-corrected chi connectivity index (χ3v) is 3.44. The lowest BCUT2D eigenvalue weighted by molar-refractivity contribution is 0.0600. The van der Waals surface area contributed by atoms with E-state index >= 15 is 0 Å². The molecule has 1 heterocycles. The number of nitriles is 1. The Kier molecular flexibility index (Phi) is 4.28. The number of hydrogen-bond donors (Lipinski definition) is 1. The molecule has 7 heteroatoms. The SMILES string of the molecule is COC(=O)c1ccc(N2CCN(C(=O)O)CC2)cc1C#N. The number of nitrogens with zero attached hydrogens (tertiary/aromatic N) is 3. The normalized spacial score (nSPS) is 14.5. The maximum absolute atomic E-state index is 11.5. The Bertz CT molecular complexity index is 601. The van der Waals surface area contributed by atoms with Gasteiger partial charge in [-0.3, -0.25) is 0 Å². The van der Waals surface area contributed by atoms with Gasteiger partial charge in [0, 0.05) is 31.9 Å². The molecule has 1 aliphatic rings. The van der Waals surface area contributed by atoms with E-state index in [2.05, 4.69) is 4.74 Å². The molecule has 1 fully saturated rings. The number of carbonyl (C=O) groups is 2. The second-order valence-corrected chi connectivity index (χ2v) is 4.59. The molecule has 0 saturated carbocycles. The number of carbonyl (C=O) groups excluding carboxylic acids is 1. The van der Waals surface area contributed by atoms with Gasteiger partial charge in [-0.1, -0.05) is 0 Å². The molecule has 21 heavy (non-hydrogen) atoms. The predicted molar refractivity (Wildman–Crippen MR) is 74.3 cm³/mol. The van der Waals surface area contributed by atoms with Gasteiger partial charge in [0.2, 0.25) is 0 Å². The fourth-order valence-electron chi connectivity index (χ4n) is 2.27. The number of carboxylic acid groups (broad SMARTS) is 1. The number of piperazine rings is 1. The summed E-state index contributed by atoms with van der Waals surface area (Å²) in [6, 6.07) is 6.91. The lowest BCUT2D eigenvalue weighted by atomic mass is 10.1. The minimum atomic E-state index is -0.923. The van der Waals surface area contributed by atoms with Gasteiger partial charge in [-0.2, -0.15) is 5.26 Å². The van der Waals surface area contributed by atoms with Crippen molar-refractivity contribution in [1.29, 1.82) is 5.26 Å². The Morgan fingerprint density at radius 2 is 1.95 bits per heavy atom. The molecular formula is C14H15N3O4. The molecule has 0 radical (unpaired) electrons. The first-order valence-electron chi connectivity index (χ1n) is 6.42. The Labute approximate surface area is 121 Å². The average Bonchev–Trinajstić information content (AvgIpc) is 2.53.